The van der Waals surface area contributed by atoms with Crippen LogP contribution in [-0.2, 0) is 16.0 Å². The molecule has 0 aromatic heterocycles. The Kier molecular flexibility index (Phi) is 5.81. The van der Waals surface area contributed by atoms with E-state index in [1.807, 2.05) is 29.2 Å². The minimum absolute atomic E-state index is 0.0299. The highest BCUT2D eigenvalue weighted by Gasteiger charge is 2.20. The molecule has 0 unspecified atom stereocenters. The fourth-order valence-electron chi connectivity index (χ4n) is 2.74. The zero-order valence-corrected chi connectivity index (χ0v) is 13.3. The second kappa shape index (κ2) is 7.82. The standard InChI is InChI=1S/C17H24N2O3/c1-13(20)19-8-6-14(7-9-19)12-18-17(21)11-15-4-3-5-16(10-15)22-2/h3-5,10,14H,6-9,11-12H2,1-2H3,(H,18,21). The number of amides is 2. The second-order valence-corrected chi connectivity index (χ2v) is 5.78. The summed E-state index contributed by atoms with van der Waals surface area (Å²) in [4.78, 5) is 25.2. The van der Waals surface area contributed by atoms with Gasteiger partial charge in [0.15, 0.2) is 0 Å². The fraction of sp³-hybridized carbons (Fsp3) is 0.529. The Balaban J connectivity index is 1.73. The van der Waals surface area contributed by atoms with Crippen LogP contribution >= 0.6 is 0 Å². The highest BCUT2D eigenvalue weighted by atomic mass is 16.5. The monoisotopic (exact) mass is 304 g/mol. The van der Waals surface area contributed by atoms with Gasteiger partial charge in [-0.1, -0.05) is 12.1 Å². The molecular weight excluding hydrogens is 280 g/mol. The molecule has 22 heavy (non-hydrogen) atoms. The molecule has 0 atom stereocenters. The van der Waals surface area contributed by atoms with Crippen molar-refractivity contribution in [3.05, 3.63) is 29.8 Å². The molecule has 1 aliphatic rings. The summed E-state index contributed by atoms with van der Waals surface area (Å²) in [5.41, 5.74) is 0.947. The third-order valence-electron chi connectivity index (χ3n) is 4.15. The lowest BCUT2D eigenvalue weighted by Crippen LogP contribution is -2.40. The van der Waals surface area contributed by atoms with Crippen molar-refractivity contribution in [1.29, 1.82) is 0 Å². The molecule has 1 saturated heterocycles. The minimum atomic E-state index is 0.0299. The Morgan fingerprint density at radius 2 is 2.05 bits per heavy atom. The molecule has 1 N–H and O–H groups in total. The van der Waals surface area contributed by atoms with Crippen LogP contribution in [0.1, 0.15) is 25.3 Å². The van der Waals surface area contributed by atoms with Crippen LogP contribution in [0, 0.1) is 5.92 Å². The third-order valence-corrected chi connectivity index (χ3v) is 4.15. The number of hydrogen-bond acceptors (Lipinski definition) is 3. The number of hydrogen-bond donors (Lipinski definition) is 1. The maximum absolute atomic E-state index is 12.0. The van der Waals surface area contributed by atoms with Crippen LogP contribution in [0.15, 0.2) is 24.3 Å². The molecule has 1 aromatic carbocycles. The molecule has 2 amide bonds. The predicted octanol–water partition coefficient (Wildman–Crippen LogP) is 1.61. The molecule has 0 bridgehead atoms. The van der Waals surface area contributed by atoms with Gasteiger partial charge in [-0.25, -0.2) is 0 Å². The summed E-state index contributed by atoms with van der Waals surface area (Å²) in [6, 6.07) is 7.56. The van der Waals surface area contributed by atoms with E-state index in [0.717, 1.165) is 37.2 Å². The first-order chi connectivity index (χ1) is 10.6. The zero-order valence-electron chi connectivity index (χ0n) is 13.3. The summed E-state index contributed by atoms with van der Waals surface area (Å²) in [5, 5.41) is 3.00. The molecule has 1 fully saturated rings. The number of methoxy groups -OCH3 is 1. The maximum Gasteiger partial charge on any atom is 0.224 e. The Morgan fingerprint density at radius 1 is 1.32 bits per heavy atom. The van der Waals surface area contributed by atoms with Gasteiger partial charge in [0, 0.05) is 26.6 Å². The summed E-state index contributed by atoms with van der Waals surface area (Å²) < 4.78 is 5.16. The molecule has 1 aromatic rings. The maximum atomic E-state index is 12.0. The van der Waals surface area contributed by atoms with E-state index in [-0.39, 0.29) is 11.8 Å². The van der Waals surface area contributed by atoms with Crippen molar-refractivity contribution in [3.8, 4) is 5.75 Å². The first-order valence-electron chi connectivity index (χ1n) is 7.73. The zero-order chi connectivity index (χ0) is 15.9. The fourth-order valence-corrected chi connectivity index (χ4v) is 2.74. The van der Waals surface area contributed by atoms with Crippen LogP contribution in [0.5, 0.6) is 5.75 Å². The first-order valence-corrected chi connectivity index (χ1v) is 7.73. The quantitative estimate of drug-likeness (QED) is 0.899. The number of nitrogens with zero attached hydrogens (tertiary/aromatic N) is 1. The molecule has 5 nitrogen and oxygen atoms in total. The van der Waals surface area contributed by atoms with Crippen LogP contribution in [0.2, 0.25) is 0 Å². The Hall–Kier alpha value is -2.04. The molecule has 0 spiro atoms. The van der Waals surface area contributed by atoms with Gasteiger partial charge in [0.25, 0.3) is 0 Å². The molecule has 0 radical (unpaired) electrons. The highest BCUT2D eigenvalue weighted by Crippen LogP contribution is 2.16. The van der Waals surface area contributed by atoms with Crippen molar-refractivity contribution < 1.29 is 14.3 Å². The molecule has 2 rings (SSSR count). The van der Waals surface area contributed by atoms with Crippen molar-refractivity contribution in [2.45, 2.75) is 26.2 Å². The number of carbonyl (C=O) groups is 2. The van der Waals surface area contributed by atoms with Crippen LogP contribution in [-0.4, -0.2) is 43.5 Å². The highest BCUT2D eigenvalue weighted by molar-refractivity contribution is 5.78. The second-order valence-electron chi connectivity index (χ2n) is 5.78. The number of benzene rings is 1. The Bertz CT molecular complexity index is 522. The van der Waals surface area contributed by atoms with Gasteiger partial charge in [-0.05, 0) is 36.5 Å². The Labute approximate surface area is 131 Å². The lowest BCUT2D eigenvalue weighted by Gasteiger charge is -2.31. The average molecular weight is 304 g/mol. The van der Waals surface area contributed by atoms with E-state index in [4.69, 9.17) is 4.74 Å². The van der Waals surface area contributed by atoms with Gasteiger partial charge in [-0.3, -0.25) is 9.59 Å². The van der Waals surface area contributed by atoms with Crippen molar-refractivity contribution in [2.75, 3.05) is 26.7 Å². The number of ether oxygens (including phenoxy) is 1. The number of carbonyl (C=O) groups excluding carboxylic acids is 2. The summed E-state index contributed by atoms with van der Waals surface area (Å²) in [6.45, 7) is 3.89. The minimum Gasteiger partial charge on any atom is -0.497 e. The van der Waals surface area contributed by atoms with Crippen LogP contribution in [0.25, 0.3) is 0 Å². The van der Waals surface area contributed by atoms with Crippen LogP contribution in [0.3, 0.4) is 0 Å². The summed E-state index contributed by atoms with van der Waals surface area (Å²) >= 11 is 0. The molecule has 120 valence electrons. The SMILES string of the molecule is COc1cccc(CC(=O)NCC2CCN(C(C)=O)CC2)c1. The van der Waals surface area contributed by atoms with E-state index in [9.17, 15) is 9.59 Å². The van der Waals surface area contributed by atoms with Gasteiger partial charge < -0.3 is 15.0 Å². The van der Waals surface area contributed by atoms with Gasteiger partial charge in [0.05, 0.1) is 13.5 Å². The molecule has 1 aliphatic heterocycles. The number of nitrogens with one attached hydrogen (secondary N) is 1. The summed E-state index contributed by atoms with van der Waals surface area (Å²) in [5.74, 6) is 1.40. The van der Waals surface area contributed by atoms with Crippen molar-refractivity contribution in [3.63, 3.8) is 0 Å². The van der Waals surface area contributed by atoms with Gasteiger partial charge in [0.1, 0.15) is 5.75 Å². The first kappa shape index (κ1) is 16.3. The third kappa shape index (κ3) is 4.76. The smallest absolute Gasteiger partial charge is 0.224 e. The van der Waals surface area contributed by atoms with E-state index >= 15 is 0 Å². The van der Waals surface area contributed by atoms with E-state index in [1.165, 1.54) is 0 Å². The number of piperidine rings is 1. The van der Waals surface area contributed by atoms with Crippen molar-refractivity contribution >= 4 is 11.8 Å². The molecule has 0 saturated carbocycles. The lowest BCUT2D eigenvalue weighted by molar-refractivity contribution is -0.130. The Morgan fingerprint density at radius 3 is 2.68 bits per heavy atom. The number of rotatable bonds is 5. The van der Waals surface area contributed by atoms with Gasteiger partial charge in [0.2, 0.25) is 11.8 Å². The average Bonchev–Trinajstić information content (AvgIpc) is 2.53. The van der Waals surface area contributed by atoms with E-state index in [1.54, 1.807) is 14.0 Å². The van der Waals surface area contributed by atoms with E-state index in [2.05, 4.69) is 5.32 Å². The normalized spacial score (nSPS) is 15.5. The number of likely N-dealkylation sites (tertiary alicyclic amines) is 1. The largest absolute Gasteiger partial charge is 0.497 e. The van der Waals surface area contributed by atoms with Crippen molar-refractivity contribution in [1.82, 2.24) is 10.2 Å². The van der Waals surface area contributed by atoms with Gasteiger partial charge >= 0.3 is 0 Å². The predicted molar refractivity (Wildman–Crippen MR) is 84.7 cm³/mol. The van der Waals surface area contributed by atoms with Crippen LogP contribution < -0.4 is 10.1 Å². The molecule has 5 heteroatoms. The lowest BCUT2D eigenvalue weighted by atomic mass is 9.96. The molecule has 0 aliphatic carbocycles. The topological polar surface area (TPSA) is 58.6 Å². The van der Waals surface area contributed by atoms with Gasteiger partial charge in [-0.2, -0.15) is 0 Å². The summed E-state index contributed by atoms with van der Waals surface area (Å²) in [6.07, 6.45) is 2.28. The van der Waals surface area contributed by atoms with Crippen molar-refractivity contribution in [2.24, 2.45) is 5.92 Å². The van der Waals surface area contributed by atoms with E-state index < -0.39 is 0 Å². The van der Waals surface area contributed by atoms with Crippen LogP contribution in [0.4, 0.5) is 0 Å². The summed E-state index contributed by atoms with van der Waals surface area (Å²) in [7, 11) is 1.62. The molecule has 1 heterocycles. The van der Waals surface area contributed by atoms with Gasteiger partial charge in [-0.15, -0.1) is 0 Å². The van der Waals surface area contributed by atoms with E-state index in [0.29, 0.717) is 18.9 Å². The molecular formula is C17H24N2O3.